The van der Waals surface area contributed by atoms with E-state index in [9.17, 15) is 9.59 Å². The number of piperidine rings is 1. The Hall–Kier alpha value is -3.44. The lowest BCUT2D eigenvalue weighted by Crippen LogP contribution is -2.45. The largest absolute Gasteiger partial charge is 0.372 e. The van der Waals surface area contributed by atoms with Crippen LogP contribution >= 0.6 is 0 Å². The Balaban J connectivity index is 1.33. The third-order valence-electron chi connectivity index (χ3n) is 5.91. The molecule has 1 heterocycles. The number of nitrogens with one attached hydrogen (secondary N) is 1. The molecule has 3 aromatic carbocycles. The van der Waals surface area contributed by atoms with Gasteiger partial charge in [-0.3, -0.25) is 9.59 Å². The molecule has 1 aliphatic heterocycles. The first-order valence-electron chi connectivity index (χ1n) is 11.5. The molecule has 0 aromatic heterocycles. The van der Waals surface area contributed by atoms with E-state index in [0.717, 1.165) is 35.1 Å². The summed E-state index contributed by atoms with van der Waals surface area (Å²) in [7, 11) is 0. The number of ether oxygens (including phenoxy) is 1. The molecular weight excluding hydrogens is 412 g/mol. The summed E-state index contributed by atoms with van der Waals surface area (Å²) in [6.07, 6.45) is 2.32. The minimum atomic E-state index is -0.593. The van der Waals surface area contributed by atoms with Gasteiger partial charge in [0, 0.05) is 19.5 Å². The molecule has 2 amide bonds. The average molecular weight is 443 g/mol. The summed E-state index contributed by atoms with van der Waals surface area (Å²) in [5.41, 5.74) is 4.09. The second kappa shape index (κ2) is 11.4. The van der Waals surface area contributed by atoms with E-state index < -0.39 is 6.04 Å². The highest BCUT2D eigenvalue weighted by atomic mass is 16.5. The zero-order chi connectivity index (χ0) is 22.9. The summed E-state index contributed by atoms with van der Waals surface area (Å²) in [5, 5.41) is 3.04. The Morgan fingerprint density at radius 3 is 2.09 bits per heavy atom. The van der Waals surface area contributed by atoms with Gasteiger partial charge in [0.25, 0.3) is 0 Å². The second-order valence-electron chi connectivity index (χ2n) is 8.37. The van der Waals surface area contributed by atoms with Crippen molar-refractivity contribution in [2.45, 2.75) is 45.1 Å². The van der Waals surface area contributed by atoms with E-state index in [-0.39, 0.29) is 11.8 Å². The van der Waals surface area contributed by atoms with Crippen LogP contribution in [0.25, 0.3) is 0 Å². The Morgan fingerprint density at radius 1 is 0.818 bits per heavy atom. The van der Waals surface area contributed by atoms with E-state index in [1.165, 1.54) is 0 Å². The van der Waals surface area contributed by atoms with Crippen molar-refractivity contribution < 1.29 is 14.3 Å². The zero-order valence-electron chi connectivity index (χ0n) is 18.8. The first-order chi connectivity index (χ1) is 16.2. The Labute approximate surface area is 195 Å². The summed E-state index contributed by atoms with van der Waals surface area (Å²) in [6, 6.07) is 27.1. The molecule has 4 rings (SSSR count). The highest BCUT2D eigenvalue weighted by molar-refractivity contribution is 5.89. The number of carbonyl (C=O) groups is 2. The van der Waals surface area contributed by atoms with Crippen LogP contribution in [0.15, 0.2) is 84.9 Å². The van der Waals surface area contributed by atoms with Crippen LogP contribution in [0.4, 0.5) is 0 Å². The molecule has 1 unspecified atom stereocenters. The van der Waals surface area contributed by atoms with E-state index in [2.05, 4.69) is 5.32 Å². The maximum atomic E-state index is 13.2. The summed E-state index contributed by atoms with van der Waals surface area (Å²) >= 11 is 0. The molecule has 5 nitrogen and oxygen atoms in total. The predicted octanol–water partition coefficient (Wildman–Crippen LogP) is 4.77. The SMILES string of the molecule is O=C(NCc1ccc(COCc2ccccc2)cc1)C(c1ccccc1)N1CCCCC1=O. The van der Waals surface area contributed by atoms with Gasteiger partial charge in [-0.2, -0.15) is 0 Å². The zero-order valence-corrected chi connectivity index (χ0v) is 18.8. The van der Waals surface area contributed by atoms with Gasteiger partial charge in [0.15, 0.2) is 0 Å². The van der Waals surface area contributed by atoms with Gasteiger partial charge in [0.2, 0.25) is 11.8 Å². The molecule has 0 saturated carbocycles. The van der Waals surface area contributed by atoms with Gasteiger partial charge >= 0.3 is 0 Å². The summed E-state index contributed by atoms with van der Waals surface area (Å²) in [6.45, 7) is 2.14. The molecule has 0 radical (unpaired) electrons. The van der Waals surface area contributed by atoms with E-state index >= 15 is 0 Å². The number of hydrogen-bond donors (Lipinski definition) is 1. The van der Waals surface area contributed by atoms with E-state index in [4.69, 9.17) is 4.74 Å². The number of nitrogens with zero attached hydrogens (tertiary/aromatic N) is 1. The minimum Gasteiger partial charge on any atom is -0.372 e. The van der Waals surface area contributed by atoms with E-state index in [1.54, 1.807) is 4.90 Å². The quantitative estimate of drug-likeness (QED) is 0.519. The molecule has 33 heavy (non-hydrogen) atoms. The molecule has 1 N–H and O–H groups in total. The van der Waals surface area contributed by atoms with Gasteiger partial charge in [-0.15, -0.1) is 0 Å². The fourth-order valence-corrected chi connectivity index (χ4v) is 4.11. The molecule has 1 atom stereocenters. The van der Waals surface area contributed by atoms with Crippen LogP contribution in [0.1, 0.15) is 47.6 Å². The van der Waals surface area contributed by atoms with Gasteiger partial charge in [0.1, 0.15) is 6.04 Å². The molecule has 1 aliphatic rings. The maximum Gasteiger partial charge on any atom is 0.247 e. The second-order valence-corrected chi connectivity index (χ2v) is 8.37. The average Bonchev–Trinajstić information content (AvgIpc) is 2.86. The monoisotopic (exact) mass is 442 g/mol. The highest BCUT2D eigenvalue weighted by Gasteiger charge is 2.32. The summed E-state index contributed by atoms with van der Waals surface area (Å²) in [5.74, 6) is -0.100. The number of hydrogen-bond acceptors (Lipinski definition) is 3. The van der Waals surface area contributed by atoms with Crippen molar-refractivity contribution in [2.75, 3.05) is 6.54 Å². The number of amides is 2. The fourth-order valence-electron chi connectivity index (χ4n) is 4.11. The lowest BCUT2D eigenvalue weighted by atomic mass is 10.0. The number of likely N-dealkylation sites (tertiary alicyclic amines) is 1. The first-order valence-corrected chi connectivity index (χ1v) is 11.5. The Kier molecular flexibility index (Phi) is 7.88. The maximum absolute atomic E-state index is 13.2. The van der Waals surface area contributed by atoms with Crippen LogP contribution in [0.3, 0.4) is 0 Å². The smallest absolute Gasteiger partial charge is 0.247 e. The van der Waals surface area contributed by atoms with Gasteiger partial charge in [-0.25, -0.2) is 0 Å². The van der Waals surface area contributed by atoms with Crippen LogP contribution < -0.4 is 5.32 Å². The third-order valence-corrected chi connectivity index (χ3v) is 5.91. The lowest BCUT2D eigenvalue weighted by Gasteiger charge is -2.34. The molecule has 0 spiro atoms. The lowest BCUT2D eigenvalue weighted by molar-refractivity contribution is -0.142. The molecule has 0 bridgehead atoms. The number of rotatable bonds is 9. The van der Waals surface area contributed by atoms with Crippen molar-refractivity contribution in [3.63, 3.8) is 0 Å². The Morgan fingerprint density at radius 2 is 1.42 bits per heavy atom. The topological polar surface area (TPSA) is 58.6 Å². The predicted molar refractivity (Wildman–Crippen MR) is 128 cm³/mol. The molecule has 0 aliphatic carbocycles. The molecule has 5 heteroatoms. The molecule has 1 fully saturated rings. The molecular formula is C28H30N2O3. The minimum absolute atomic E-state index is 0.0464. The van der Waals surface area contributed by atoms with Crippen LogP contribution in [0, 0.1) is 0 Å². The number of carbonyl (C=O) groups excluding carboxylic acids is 2. The van der Waals surface area contributed by atoms with Gasteiger partial charge in [-0.1, -0.05) is 84.9 Å². The van der Waals surface area contributed by atoms with E-state index in [0.29, 0.717) is 32.7 Å². The summed E-state index contributed by atoms with van der Waals surface area (Å²) in [4.78, 5) is 27.4. The van der Waals surface area contributed by atoms with Crippen molar-refractivity contribution in [3.05, 3.63) is 107 Å². The third kappa shape index (κ3) is 6.30. The van der Waals surface area contributed by atoms with Crippen molar-refractivity contribution in [3.8, 4) is 0 Å². The summed E-state index contributed by atoms with van der Waals surface area (Å²) < 4.78 is 5.79. The van der Waals surface area contributed by atoms with Gasteiger partial charge in [0.05, 0.1) is 13.2 Å². The molecule has 3 aromatic rings. The van der Waals surface area contributed by atoms with Crippen molar-refractivity contribution >= 4 is 11.8 Å². The van der Waals surface area contributed by atoms with Crippen LogP contribution in [-0.2, 0) is 34.1 Å². The van der Waals surface area contributed by atoms with Crippen LogP contribution in [-0.4, -0.2) is 23.3 Å². The standard InChI is InChI=1S/C28H30N2O3/c31-26-13-7-8-18-30(26)27(25-11-5-2-6-12-25)28(32)29-19-22-14-16-24(17-15-22)21-33-20-23-9-3-1-4-10-23/h1-6,9-12,14-17,27H,7-8,13,18-21H2,(H,29,32). The van der Waals surface area contributed by atoms with Crippen LogP contribution in [0.5, 0.6) is 0 Å². The normalized spacial score (nSPS) is 14.7. The van der Waals surface area contributed by atoms with Crippen molar-refractivity contribution in [2.24, 2.45) is 0 Å². The number of benzene rings is 3. The highest BCUT2D eigenvalue weighted by Crippen LogP contribution is 2.26. The first kappa shape index (κ1) is 22.7. The van der Waals surface area contributed by atoms with Gasteiger partial charge < -0.3 is 15.0 Å². The fraction of sp³-hybridized carbons (Fsp3) is 0.286. The van der Waals surface area contributed by atoms with E-state index in [1.807, 2.05) is 84.9 Å². The molecule has 1 saturated heterocycles. The van der Waals surface area contributed by atoms with Crippen molar-refractivity contribution in [1.82, 2.24) is 10.2 Å². The Bertz CT molecular complexity index is 1040. The van der Waals surface area contributed by atoms with Gasteiger partial charge in [-0.05, 0) is 35.1 Å². The van der Waals surface area contributed by atoms with Crippen molar-refractivity contribution in [1.29, 1.82) is 0 Å². The molecule has 170 valence electrons. The van der Waals surface area contributed by atoms with Crippen LogP contribution in [0.2, 0.25) is 0 Å².